The molecule has 0 unspecified atom stereocenters. The maximum absolute atomic E-state index is 12.4. The van der Waals surface area contributed by atoms with E-state index in [9.17, 15) is 4.79 Å². The van der Waals surface area contributed by atoms with Crippen molar-refractivity contribution in [3.63, 3.8) is 0 Å². The van der Waals surface area contributed by atoms with Crippen LogP contribution < -0.4 is 10.1 Å². The fraction of sp³-hybridized carbons (Fsp3) is 0.105. The molecule has 3 nitrogen and oxygen atoms in total. The van der Waals surface area contributed by atoms with Crippen LogP contribution in [-0.4, -0.2) is 12.0 Å². The number of hydrogen-bond donors (Lipinski definition) is 1. The fourth-order valence-electron chi connectivity index (χ4n) is 2.38. The van der Waals surface area contributed by atoms with Crippen molar-refractivity contribution in [2.24, 2.45) is 0 Å². The molecule has 0 bridgehead atoms. The molecule has 3 aromatic carbocycles. The van der Waals surface area contributed by atoms with Crippen molar-refractivity contribution in [3.05, 3.63) is 70.7 Å². The molecule has 0 aliphatic carbocycles. The SMILES string of the molecule is C[C@@H](Oc1ccc(Cl)cc1Cl)C(=O)Nc1cccc2ccccc12. The second-order valence-corrected chi connectivity index (χ2v) is 6.19. The maximum Gasteiger partial charge on any atom is 0.265 e. The Morgan fingerprint density at radius 2 is 1.79 bits per heavy atom. The minimum absolute atomic E-state index is 0.252. The van der Waals surface area contributed by atoms with E-state index in [1.165, 1.54) is 0 Å². The number of nitrogens with one attached hydrogen (secondary N) is 1. The summed E-state index contributed by atoms with van der Waals surface area (Å²) in [5.74, 6) is 0.166. The van der Waals surface area contributed by atoms with Crippen molar-refractivity contribution in [1.82, 2.24) is 0 Å². The van der Waals surface area contributed by atoms with Gasteiger partial charge in [0, 0.05) is 16.1 Å². The maximum atomic E-state index is 12.4. The predicted octanol–water partition coefficient (Wildman–Crippen LogP) is 5.55. The van der Waals surface area contributed by atoms with E-state index in [2.05, 4.69) is 5.32 Å². The first kappa shape index (κ1) is 16.6. The average molecular weight is 360 g/mol. The van der Waals surface area contributed by atoms with Crippen molar-refractivity contribution in [1.29, 1.82) is 0 Å². The van der Waals surface area contributed by atoms with Gasteiger partial charge in [-0.3, -0.25) is 4.79 Å². The molecule has 0 saturated carbocycles. The second kappa shape index (κ2) is 7.12. The Bertz CT molecular complexity index is 890. The summed E-state index contributed by atoms with van der Waals surface area (Å²) >= 11 is 11.9. The Balaban J connectivity index is 1.76. The van der Waals surface area contributed by atoms with Crippen LogP contribution in [0.25, 0.3) is 10.8 Å². The highest BCUT2D eigenvalue weighted by molar-refractivity contribution is 6.35. The molecule has 0 radical (unpaired) electrons. The van der Waals surface area contributed by atoms with Gasteiger partial charge in [-0.15, -0.1) is 0 Å². The molecule has 5 heteroatoms. The van der Waals surface area contributed by atoms with Crippen molar-refractivity contribution in [3.8, 4) is 5.75 Å². The smallest absolute Gasteiger partial charge is 0.265 e. The van der Waals surface area contributed by atoms with Gasteiger partial charge in [0.15, 0.2) is 6.10 Å². The first-order valence-corrected chi connectivity index (χ1v) is 8.20. The third-order valence-electron chi connectivity index (χ3n) is 3.61. The molecule has 0 aliphatic heterocycles. The summed E-state index contributed by atoms with van der Waals surface area (Å²) in [7, 11) is 0. The summed E-state index contributed by atoms with van der Waals surface area (Å²) in [5, 5.41) is 5.82. The van der Waals surface area contributed by atoms with Crippen LogP contribution in [0.2, 0.25) is 10.0 Å². The quantitative estimate of drug-likeness (QED) is 0.662. The van der Waals surface area contributed by atoms with Gasteiger partial charge in [0.1, 0.15) is 5.75 Å². The van der Waals surface area contributed by atoms with E-state index in [-0.39, 0.29) is 5.91 Å². The molecule has 24 heavy (non-hydrogen) atoms. The van der Waals surface area contributed by atoms with E-state index < -0.39 is 6.10 Å². The third-order valence-corrected chi connectivity index (χ3v) is 4.14. The first-order chi connectivity index (χ1) is 11.5. The van der Waals surface area contributed by atoms with Crippen molar-refractivity contribution in [2.75, 3.05) is 5.32 Å². The van der Waals surface area contributed by atoms with Crippen LogP contribution in [0.1, 0.15) is 6.92 Å². The molecule has 1 amide bonds. The molecule has 0 fully saturated rings. The number of amides is 1. The average Bonchev–Trinajstić information content (AvgIpc) is 2.57. The van der Waals surface area contributed by atoms with Gasteiger partial charge in [0.2, 0.25) is 0 Å². The van der Waals surface area contributed by atoms with E-state index in [1.807, 2.05) is 42.5 Å². The number of fused-ring (bicyclic) bond motifs is 1. The lowest BCUT2D eigenvalue weighted by Gasteiger charge is -2.16. The number of halogens is 2. The monoisotopic (exact) mass is 359 g/mol. The predicted molar refractivity (Wildman–Crippen MR) is 99.1 cm³/mol. The number of benzene rings is 3. The van der Waals surface area contributed by atoms with Crippen LogP contribution in [0.4, 0.5) is 5.69 Å². The molecule has 1 N–H and O–H groups in total. The number of carbonyl (C=O) groups is 1. The highest BCUT2D eigenvalue weighted by atomic mass is 35.5. The van der Waals surface area contributed by atoms with E-state index in [4.69, 9.17) is 27.9 Å². The van der Waals surface area contributed by atoms with E-state index in [1.54, 1.807) is 25.1 Å². The topological polar surface area (TPSA) is 38.3 Å². The normalized spacial score (nSPS) is 12.0. The lowest BCUT2D eigenvalue weighted by molar-refractivity contribution is -0.122. The Morgan fingerprint density at radius 1 is 1.04 bits per heavy atom. The Morgan fingerprint density at radius 3 is 2.58 bits per heavy atom. The standard InChI is InChI=1S/C19H15Cl2NO2/c1-12(24-18-10-9-14(20)11-16(18)21)19(23)22-17-8-4-6-13-5-2-3-7-15(13)17/h2-12H,1H3,(H,22,23)/t12-/m1/s1. The molecule has 0 aromatic heterocycles. The van der Waals surface area contributed by atoms with Gasteiger partial charge in [-0.2, -0.15) is 0 Å². The number of hydrogen-bond acceptors (Lipinski definition) is 2. The summed E-state index contributed by atoms with van der Waals surface area (Å²) < 4.78 is 5.64. The summed E-state index contributed by atoms with van der Waals surface area (Å²) in [4.78, 5) is 12.4. The zero-order valence-electron chi connectivity index (χ0n) is 12.9. The fourth-order valence-corrected chi connectivity index (χ4v) is 2.84. The Kier molecular flexibility index (Phi) is 4.93. The van der Waals surface area contributed by atoms with E-state index >= 15 is 0 Å². The lowest BCUT2D eigenvalue weighted by Crippen LogP contribution is -2.30. The molecule has 0 spiro atoms. The van der Waals surface area contributed by atoms with Gasteiger partial charge in [0.05, 0.1) is 5.02 Å². The van der Waals surface area contributed by atoms with Gasteiger partial charge in [-0.25, -0.2) is 0 Å². The molecule has 1 atom stereocenters. The van der Waals surface area contributed by atoms with Gasteiger partial charge in [-0.05, 0) is 36.6 Å². The number of rotatable bonds is 4. The Hall–Kier alpha value is -2.23. The van der Waals surface area contributed by atoms with Crippen LogP contribution >= 0.6 is 23.2 Å². The molecule has 3 rings (SSSR count). The van der Waals surface area contributed by atoms with E-state index in [0.29, 0.717) is 15.8 Å². The third kappa shape index (κ3) is 3.64. The minimum Gasteiger partial charge on any atom is -0.479 e. The molecular formula is C19H15Cl2NO2. The van der Waals surface area contributed by atoms with Gasteiger partial charge in [-0.1, -0.05) is 59.6 Å². The van der Waals surface area contributed by atoms with Gasteiger partial charge < -0.3 is 10.1 Å². The van der Waals surface area contributed by atoms with Crippen LogP contribution in [0.15, 0.2) is 60.7 Å². The highest BCUT2D eigenvalue weighted by Crippen LogP contribution is 2.29. The zero-order valence-corrected chi connectivity index (χ0v) is 14.4. The molecule has 0 aliphatic rings. The second-order valence-electron chi connectivity index (χ2n) is 5.35. The largest absolute Gasteiger partial charge is 0.479 e. The van der Waals surface area contributed by atoms with Crippen molar-refractivity contribution in [2.45, 2.75) is 13.0 Å². The zero-order chi connectivity index (χ0) is 17.1. The van der Waals surface area contributed by atoms with Crippen LogP contribution in [0.5, 0.6) is 5.75 Å². The van der Waals surface area contributed by atoms with Crippen molar-refractivity contribution >= 4 is 45.6 Å². The minimum atomic E-state index is -0.706. The van der Waals surface area contributed by atoms with E-state index in [0.717, 1.165) is 16.5 Å². The number of carbonyl (C=O) groups excluding carboxylic acids is 1. The summed E-state index contributed by atoms with van der Waals surface area (Å²) in [6.45, 7) is 1.67. The molecule has 3 aromatic rings. The molecule has 0 saturated heterocycles. The van der Waals surface area contributed by atoms with Gasteiger partial charge >= 0.3 is 0 Å². The van der Waals surface area contributed by atoms with Crippen LogP contribution in [0, 0.1) is 0 Å². The van der Waals surface area contributed by atoms with Crippen molar-refractivity contribution < 1.29 is 9.53 Å². The molecule has 122 valence electrons. The summed E-state index contributed by atoms with van der Waals surface area (Å²) in [6.07, 6.45) is -0.706. The van der Waals surface area contributed by atoms with Crippen LogP contribution in [0.3, 0.4) is 0 Å². The van der Waals surface area contributed by atoms with Gasteiger partial charge in [0.25, 0.3) is 5.91 Å². The summed E-state index contributed by atoms with van der Waals surface area (Å²) in [5.41, 5.74) is 0.746. The molecule has 0 heterocycles. The first-order valence-electron chi connectivity index (χ1n) is 7.45. The highest BCUT2D eigenvalue weighted by Gasteiger charge is 2.17. The lowest BCUT2D eigenvalue weighted by atomic mass is 10.1. The number of anilines is 1. The summed E-state index contributed by atoms with van der Waals surface area (Å²) in [6, 6.07) is 18.5. The number of ether oxygens (including phenoxy) is 1. The molecular weight excluding hydrogens is 345 g/mol. The van der Waals surface area contributed by atoms with Crippen LogP contribution in [-0.2, 0) is 4.79 Å². The Labute approximate surface area is 150 Å².